The van der Waals surface area contributed by atoms with Crippen molar-refractivity contribution in [3.63, 3.8) is 0 Å². The summed E-state index contributed by atoms with van der Waals surface area (Å²) in [5.74, 6) is -0.940. The van der Waals surface area contributed by atoms with Crippen LogP contribution in [0, 0.1) is 0 Å². The van der Waals surface area contributed by atoms with Crippen LogP contribution in [-0.2, 0) is 29.1 Å². The number of hydrogen-bond donors (Lipinski definition) is 1. The Morgan fingerprint density at radius 2 is 1.43 bits per heavy atom. The van der Waals surface area contributed by atoms with Crippen LogP contribution in [0.4, 0.5) is 4.79 Å². The van der Waals surface area contributed by atoms with Gasteiger partial charge >= 0.3 is 19.7 Å². The van der Waals surface area contributed by atoms with Gasteiger partial charge < -0.3 is 27.3 Å². The second kappa shape index (κ2) is 15.6. The molecule has 0 saturated heterocycles. The summed E-state index contributed by atoms with van der Waals surface area (Å²) >= 11 is 2.15. The van der Waals surface area contributed by atoms with Gasteiger partial charge in [0.1, 0.15) is 30.4 Å². The normalized spacial score (nSPS) is 11.9. The van der Waals surface area contributed by atoms with E-state index in [9.17, 15) is 19.3 Å². The zero-order chi connectivity index (χ0) is 29.0. The van der Waals surface area contributed by atoms with Crippen LogP contribution < -0.4 is 9.05 Å². The third-order valence-electron chi connectivity index (χ3n) is 5.27. The lowest BCUT2D eigenvalue weighted by molar-refractivity contribution is -0.142. The number of carbonyl (C=O) groups excluding carboxylic acids is 1. The van der Waals surface area contributed by atoms with Crippen molar-refractivity contribution in [1.29, 1.82) is 0 Å². The molecule has 3 rings (SSSR count). The van der Waals surface area contributed by atoms with E-state index in [-0.39, 0.29) is 24.5 Å². The largest absolute Gasteiger partial charge is 0.480 e. The molecule has 0 bridgehead atoms. The molecule has 3 aromatic carbocycles. The molecule has 0 aliphatic carbocycles. The van der Waals surface area contributed by atoms with Gasteiger partial charge in [0.2, 0.25) is 0 Å². The van der Waals surface area contributed by atoms with Crippen molar-refractivity contribution in [2.75, 3.05) is 20.5 Å². The standard InChI is InChI=1S/C27H30NO9PS2/c1-4-25(26(29)30)28(27(31)35-18-20-10-6-5-7-11-20)19-38(32,36-21-12-8-14-23(16-21)39-33-2)37-22-13-9-15-24(17-22)40-34-3/h5-17,25H,4,18-19H2,1-3H3,(H,29,30). The Hall–Kier alpha value is -3.15. The first-order valence-electron chi connectivity index (χ1n) is 12.1. The summed E-state index contributed by atoms with van der Waals surface area (Å²) in [6.45, 7) is 1.49. The van der Waals surface area contributed by atoms with Crippen LogP contribution in [0.25, 0.3) is 0 Å². The molecule has 0 fully saturated rings. The summed E-state index contributed by atoms with van der Waals surface area (Å²) in [7, 11) is -1.28. The minimum atomic E-state index is -4.29. The van der Waals surface area contributed by atoms with Gasteiger partial charge in [-0.3, -0.25) is 4.90 Å². The average Bonchev–Trinajstić information content (AvgIpc) is 2.92. The first-order chi connectivity index (χ1) is 19.3. The summed E-state index contributed by atoms with van der Waals surface area (Å²) < 4.78 is 41.7. The quantitative estimate of drug-likeness (QED) is 0.141. The Balaban J connectivity index is 1.96. The Morgan fingerprint density at radius 1 is 0.875 bits per heavy atom. The minimum absolute atomic E-state index is 0.0235. The van der Waals surface area contributed by atoms with E-state index < -0.39 is 32.0 Å². The number of nitrogens with zero attached hydrogens (tertiary/aromatic N) is 1. The topological polar surface area (TPSA) is 121 Å². The highest BCUT2D eigenvalue weighted by Gasteiger charge is 2.40. The van der Waals surface area contributed by atoms with Crippen molar-refractivity contribution in [2.24, 2.45) is 0 Å². The number of carbonyl (C=O) groups is 2. The highest BCUT2D eigenvalue weighted by Crippen LogP contribution is 2.50. The predicted molar refractivity (Wildman–Crippen MR) is 153 cm³/mol. The maximum atomic E-state index is 14.4. The fourth-order valence-electron chi connectivity index (χ4n) is 3.56. The van der Waals surface area contributed by atoms with Crippen molar-refractivity contribution in [2.45, 2.75) is 35.8 Å². The number of ether oxygens (including phenoxy) is 1. The second-order valence-electron chi connectivity index (χ2n) is 8.16. The van der Waals surface area contributed by atoms with Crippen molar-refractivity contribution in [3.05, 3.63) is 84.4 Å². The van der Waals surface area contributed by atoms with Gasteiger partial charge in [0, 0.05) is 33.9 Å². The van der Waals surface area contributed by atoms with Gasteiger partial charge in [-0.2, -0.15) is 0 Å². The summed E-state index contributed by atoms with van der Waals surface area (Å²) in [6.07, 6.45) is -1.65. The van der Waals surface area contributed by atoms with E-state index in [4.69, 9.17) is 22.2 Å². The molecule has 10 nitrogen and oxygen atoms in total. The molecule has 3 aromatic rings. The Morgan fingerprint density at radius 3 is 1.90 bits per heavy atom. The summed E-state index contributed by atoms with van der Waals surface area (Å²) in [6, 6.07) is 20.8. The molecule has 1 N–H and O–H groups in total. The molecule has 0 spiro atoms. The lowest BCUT2D eigenvalue weighted by atomic mass is 10.2. The number of aliphatic carboxylic acids is 1. The van der Waals surface area contributed by atoms with Crippen LogP contribution in [0.2, 0.25) is 0 Å². The predicted octanol–water partition coefficient (Wildman–Crippen LogP) is 7.10. The molecule has 1 atom stereocenters. The molecule has 0 aliphatic rings. The highest BCUT2D eigenvalue weighted by molar-refractivity contribution is 7.94. The first kappa shape index (κ1) is 31.4. The molecule has 0 radical (unpaired) electrons. The molecule has 0 aliphatic heterocycles. The second-order valence-corrected chi connectivity index (χ2v) is 12.0. The molecule has 1 unspecified atom stereocenters. The highest BCUT2D eigenvalue weighted by atomic mass is 32.2. The molecule has 1 amide bonds. The molecular weight excluding hydrogens is 577 g/mol. The maximum absolute atomic E-state index is 14.4. The summed E-state index contributed by atoms with van der Waals surface area (Å²) in [5.41, 5.74) is 0.703. The SMILES string of the molecule is CCC(C(=O)O)N(CP(=O)(Oc1cccc(SOC)c1)Oc1cccc(SOC)c1)C(=O)OCc1ccccc1. The maximum Gasteiger partial charge on any atom is 0.450 e. The van der Waals surface area contributed by atoms with E-state index in [1.165, 1.54) is 14.2 Å². The fraction of sp³-hybridized carbons (Fsp3) is 0.259. The van der Waals surface area contributed by atoms with E-state index in [0.29, 0.717) is 15.4 Å². The van der Waals surface area contributed by atoms with Crippen LogP contribution in [0.5, 0.6) is 11.5 Å². The summed E-state index contributed by atoms with van der Waals surface area (Å²) in [4.78, 5) is 27.6. The van der Waals surface area contributed by atoms with Crippen LogP contribution in [0.15, 0.2) is 88.7 Å². The zero-order valence-electron chi connectivity index (χ0n) is 22.1. The fourth-order valence-corrected chi connectivity index (χ4v) is 6.25. The van der Waals surface area contributed by atoms with Gasteiger partial charge in [-0.15, -0.1) is 0 Å². The van der Waals surface area contributed by atoms with Gasteiger partial charge in [0.05, 0.1) is 14.2 Å². The van der Waals surface area contributed by atoms with E-state index in [1.54, 1.807) is 79.7 Å². The first-order valence-corrected chi connectivity index (χ1v) is 15.3. The molecule has 13 heteroatoms. The number of carboxylic acids is 1. The molecule has 40 heavy (non-hydrogen) atoms. The summed E-state index contributed by atoms with van der Waals surface area (Å²) in [5, 5.41) is 9.89. The van der Waals surface area contributed by atoms with E-state index in [0.717, 1.165) is 29.0 Å². The van der Waals surface area contributed by atoms with Gasteiger partial charge in [0.15, 0.2) is 0 Å². The molecule has 214 valence electrons. The average molecular weight is 608 g/mol. The smallest absolute Gasteiger partial charge is 0.450 e. The molecule has 0 saturated carbocycles. The van der Waals surface area contributed by atoms with Gasteiger partial charge in [-0.05, 0) is 48.4 Å². The lowest BCUT2D eigenvalue weighted by Crippen LogP contribution is -2.46. The van der Waals surface area contributed by atoms with Crippen molar-refractivity contribution < 1.29 is 41.4 Å². The number of benzene rings is 3. The van der Waals surface area contributed by atoms with Crippen molar-refractivity contribution in [1.82, 2.24) is 4.90 Å². The molecular formula is C27H30NO9PS2. The van der Waals surface area contributed by atoms with Crippen molar-refractivity contribution in [3.8, 4) is 11.5 Å². The van der Waals surface area contributed by atoms with Crippen LogP contribution in [0.1, 0.15) is 18.9 Å². The number of rotatable bonds is 15. The Bertz CT molecular complexity index is 1260. The third-order valence-corrected chi connectivity index (χ3v) is 8.13. The number of hydrogen-bond acceptors (Lipinski definition) is 10. The van der Waals surface area contributed by atoms with Crippen LogP contribution in [-0.4, -0.2) is 48.6 Å². The Labute approximate surface area is 241 Å². The number of carboxylic acid groups (broad SMARTS) is 1. The zero-order valence-corrected chi connectivity index (χ0v) is 24.7. The lowest BCUT2D eigenvalue weighted by Gasteiger charge is -2.30. The molecule has 0 aromatic heterocycles. The van der Waals surface area contributed by atoms with Crippen LogP contribution in [0.3, 0.4) is 0 Å². The molecule has 0 heterocycles. The third kappa shape index (κ3) is 9.50. The van der Waals surface area contributed by atoms with Crippen molar-refractivity contribution >= 4 is 43.7 Å². The number of amides is 1. The van der Waals surface area contributed by atoms with Gasteiger partial charge in [-0.1, -0.05) is 49.4 Å². The minimum Gasteiger partial charge on any atom is -0.480 e. The van der Waals surface area contributed by atoms with E-state index in [1.807, 2.05) is 6.07 Å². The van der Waals surface area contributed by atoms with Gasteiger partial charge in [0.25, 0.3) is 0 Å². The monoisotopic (exact) mass is 607 g/mol. The van der Waals surface area contributed by atoms with E-state index >= 15 is 0 Å². The van der Waals surface area contributed by atoms with Crippen LogP contribution >= 0.6 is 31.7 Å². The van der Waals surface area contributed by atoms with E-state index in [2.05, 4.69) is 0 Å². The Kier molecular flexibility index (Phi) is 12.2. The van der Waals surface area contributed by atoms with Gasteiger partial charge in [-0.25, -0.2) is 14.2 Å².